The molecule has 2 aliphatic carbocycles. The Kier molecular flexibility index (Phi) is 9.79. The quantitative estimate of drug-likeness (QED) is 0.115. The van der Waals surface area contributed by atoms with E-state index in [1.54, 1.807) is 0 Å². The predicted octanol–water partition coefficient (Wildman–Crippen LogP) is 7.95. The van der Waals surface area contributed by atoms with E-state index in [0.717, 1.165) is 83.1 Å². The van der Waals surface area contributed by atoms with Crippen molar-refractivity contribution in [1.29, 1.82) is 0 Å². The standard InChI is InChI=1S/C43H47N7O4/c1-25(2)38(49-43(53)54-3)42(52)50-21-7-10-35(50)39-44-23-33(47-39)28-15-11-26(12-16-28)27-13-17-29(18-14-27)34-24-45-40(48-34)36-30-19-20-31(22-30)37(36)41(51)46-32-8-5-4-6-9-32/h4-6,8-9,11-18,23-25,30-31,35-38H,7,10,19-22H2,1-3H3,(H,44,47)(H,45,48)(H,46,51)(H,49,53)/t30?,31?,35-,36+,37?,38-/m0/s1. The third kappa shape index (κ3) is 6.90. The number of aromatic nitrogens is 4. The van der Waals surface area contributed by atoms with E-state index in [1.165, 1.54) is 7.11 Å². The van der Waals surface area contributed by atoms with Gasteiger partial charge in [0.2, 0.25) is 11.8 Å². The highest BCUT2D eigenvalue weighted by Gasteiger charge is 2.52. The first-order valence-corrected chi connectivity index (χ1v) is 19.1. The van der Waals surface area contributed by atoms with Gasteiger partial charge < -0.3 is 30.2 Å². The van der Waals surface area contributed by atoms with E-state index in [-0.39, 0.29) is 35.6 Å². The first kappa shape index (κ1) is 35.3. The number of anilines is 1. The lowest BCUT2D eigenvalue weighted by Gasteiger charge is -2.30. The molecule has 1 saturated heterocycles. The maximum atomic E-state index is 13.5. The average molecular weight is 726 g/mol. The van der Waals surface area contributed by atoms with Gasteiger partial charge in [0.05, 0.1) is 42.9 Å². The third-order valence-electron chi connectivity index (χ3n) is 11.7. The number of H-pyrrole nitrogens is 2. The molecule has 0 spiro atoms. The molecule has 2 aromatic heterocycles. The minimum Gasteiger partial charge on any atom is -0.453 e. The van der Waals surface area contributed by atoms with Crippen LogP contribution in [0, 0.1) is 23.7 Å². The smallest absolute Gasteiger partial charge is 0.407 e. The zero-order valence-electron chi connectivity index (χ0n) is 30.9. The Morgan fingerprint density at radius 3 is 2.00 bits per heavy atom. The number of nitrogens with zero attached hydrogens (tertiary/aromatic N) is 3. The SMILES string of the molecule is COC(=O)N[C@H](C(=O)N1CCC[C@H]1c1ncc(-c2ccc(-c3ccc(-c4cnc([C@@H]5C6CCC(C6)C5C(=O)Nc5ccccc5)[nH]4)cc3)cc2)[nH]1)C(C)C. The maximum Gasteiger partial charge on any atom is 0.407 e. The molecule has 11 nitrogen and oxygen atoms in total. The fourth-order valence-corrected chi connectivity index (χ4v) is 8.99. The largest absolute Gasteiger partial charge is 0.453 e. The van der Waals surface area contributed by atoms with Crippen LogP contribution < -0.4 is 10.6 Å². The van der Waals surface area contributed by atoms with E-state index in [4.69, 9.17) is 9.72 Å². The highest BCUT2D eigenvalue weighted by Crippen LogP contribution is 2.56. The van der Waals surface area contributed by atoms with Crippen molar-refractivity contribution in [3.8, 4) is 33.6 Å². The zero-order valence-corrected chi connectivity index (χ0v) is 30.9. The van der Waals surface area contributed by atoms with Crippen LogP contribution in [0.1, 0.15) is 69.6 Å². The van der Waals surface area contributed by atoms with Crippen molar-refractivity contribution in [2.75, 3.05) is 19.0 Å². The molecule has 6 atom stereocenters. The predicted molar refractivity (Wildman–Crippen MR) is 207 cm³/mol. The van der Waals surface area contributed by atoms with Crippen molar-refractivity contribution < 1.29 is 19.1 Å². The summed E-state index contributed by atoms with van der Waals surface area (Å²) in [4.78, 5) is 57.4. The van der Waals surface area contributed by atoms with Crippen LogP contribution in [0.5, 0.6) is 0 Å². The van der Waals surface area contributed by atoms with Gasteiger partial charge in [-0.2, -0.15) is 0 Å². The lowest BCUT2D eigenvalue weighted by atomic mass is 9.78. The van der Waals surface area contributed by atoms with E-state index in [1.807, 2.05) is 61.5 Å². The number of carbonyl (C=O) groups is 3. The first-order chi connectivity index (χ1) is 26.3. The fraction of sp³-hybridized carbons (Fsp3) is 0.372. The minimum absolute atomic E-state index is 0.0809. The van der Waals surface area contributed by atoms with Crippen molar-refractivity contribution in [1.82, 2.24) is 30.2 Å². The summed E-state index contributed by atoms with van der Waals surface area (Å²) in [5.41, 5.74) is 6.91. The van der Waals surface area contributed by atoms with E-state index in [2.05, 4.69) is 74.1 Å². The van der Waals surface area contributed by atoms with Gasteiger partial charge in [0.1, 0.15) is 17.7 Å². The molecule has 4 N–H and O–H groups in total. The van der Waals surface area contributed by atoms with Crippen LogP contribution in [0.2, 0.25) is 0 Å². The topological polar surface area (TPSA) is 145 Å². The molecule has 1 aliphatic heterocycles. The molecule has 8 rings (SSSR count). The molecule has 3 fully saturated rings. The number of methoxy groups -OCH3 is 1. The Morgan fingerprint density at radius 1 is 0.778 bits per heavy atom. The van der Waals surface area contributed by atoms with Crippen LogP contribution in [-0.2, 0) is 14.3 Å². The van der Waals surface area contributed by atoms with Gasteiger partial charge in [-0.05, 0) is 84.2 Å². The minimum atomic E-state index is -0.675. The normalized spacial score (nSPS) is 22.4. The molecule has 3 amide bonds. The van der Waals surface area contributed by atoms with E-state index in [9.17, 15) is 14.4 Å². The van der Waals surface area contributed by atoms with Gasteiger partial charge >= 0.3 is 6.09 Å². The summed E-state index contributed by atoms with van der Waals surface area (Å²) in [5, 5.41) is 5.86. The maximum absolute atomic E-state index is 13.5. The molecule has 3 heterocycles. The third-order valence-corrected chi connectivity index (χ3v) is 11.7. The van der Waals surface area contributed by atoms with Crippen molar-refractivity contribution in [3.05, 3.63) is 103 Å². The van der Waals surface area contributed by atoms with Gasteiger partial charge in [0, 0.05) is 18.2 Å². The van der Waals surface area contributed by atoms with Crippen LogP contribution in [-0.4, -0.2) is 62.4 Å². The van der Waals surface area contributed by atoms with Crippen LogP contribution in [0.15, 0.2) is 91.3 Å². The number of hydrogen-bond acceptors (Lipinski definition) is 6. The number of benzene rings is 3. The molecule has 2 saturated carbocycles. The molecule has 0 radical (unpaired) electrons. The summed E-state index contributed by atoms with van der Waals surface area (Å²) in [5.74, 6) is 2.41. The molecule has 3 aliphatic rings. The summed E-state index contributed by atoms with van der Waals surface area (Å²) in [6.45, 7) is 4.43. The Hall–Kier alpha value is -5.71. The number of para-hydroxylation sites is 1. The van der Waals surface area contributed by atoms with E-state index < -0.39 is 12.1 Å². The molecule has 11 heteroatoms. The summed E-state index contributed by atoms with van der Waals surface area (Å²) in [6, 6.07) is 25.7. The van der Waals surface area contributed by atoms with Crippen molar-refractivity contribution >= 4 is 23.6 Å². The number of alkyl carbamates (subject to hydrolysis) is 1. The molecule has 2 bridgehead atoms. The van der Waals surface area contributed by atoms with Gasteiger partial charge in [0.25, 0.3) is 0 Å². The zero-order chi connectivity index (χ0) is 37.3. The molecular weight excluding hydrogens is 679 g/mol. The number of imidazole rings is 2. The number of nitrogens with one attached hydrogen (secondary N) is 4. The van der Waals surface area contributed by atoms with Crippen molar-refractivity contribution in [2.45, 2.75) is 64.0 Å². The van der Waals surface area contributed by atoms with E-state index in [0.29, 0.717) is 18.4 Å². The van der Waals surface area contributed by atoms with Gasteiger partial charge in [0.15, 0.2) is 0 Å². The summed E-state index contributed by atoms with van der Waals surface area (Å²) >= 11 is 0. The fourth-order valence-electron chi connectivity index (χ4n) is 8.99. The van der Waals surface area contributed by atoms with Crippen LogP contribution in [0.25, 0.3) is 33.6 Å². The molecule has 3 aromatic carbocycles. The number of amides is 3. The second-order valence-corrected chi connectivity index (χ2v) is 15.3. The summed E-state index contributed by atoms with van der Waals surface area (Å²) < 4.78 is 4.76. The van der Waals surface area contributed by atoms with Gasteiger partial charge in [-0.1, -0.05) is 80.6 Å². The molecule has 54 heavy (non-hydrogen) atoms. The lowest BCUT2D eigenvalue weighted by molar-refractivity contribution is -0.135. The highest BCUT2D eigenvalue weighted by molar-refractivity contribution is 5.93. The number of likely N-dealkylation sites (tertiary alicyclic amines) is 1. The molecule has 5 aromatic rings. The molecule has 3 unspecified atom stereocenters. The summed E-state index contributed by atoms with van der Waals surface area (Å²) in [6.07, 6.45) is 8.09. The molecular formula is C43H47N7O4. The number of ether oxygens (including phenoxy) is 1. The second kappa shape index (κ2) is 15.0. The first-order valence-electron chi connectivity index (χ1n) is 19.1. The number of hydrogen-bond donors (Lipinski definition) is 4. The van der Waals surface area contributed by atoms with Crippen LogP contribution in [0.3, 0.4) is 0 Å². The van der Waals surface area contributed by atoms with Crippen LogP contribution in [0.4, 0.5) is 10.5 Å². The monoisotopic (exact) mass is 725 g/mol. The van der Waals surface area contributed by atoms with Gasteiger partial charge in [-0.25, -0.2) is 14.8 Å². The average Bonchev–Trinajstić information content (AvgIpc) is 4.05. The number of rotatable bonds is 10. The van der Waals surface area contributed by atoms with Crippen molar-refractivity contribution in [3.63, 3.8) is 0 Å². The molecule has 278 valence electrons. The highest BCUT2D eigenvalue weighted by atomic mass is 16.5. The van der Waals surface area contributed by atoms with Crippen molar-refractivity contribution in [2.24, 2.45) is 23.7 Å². The Bertz CT molecular complexity index is 2110. The van der Waals surface area contributed by atoms with Crippen LogP contribution >= 0.6 is 0 Å². The number of carbonyl (C=O) groups excluding carboxylic acids is 3. The number of fused-ring (bicyclic) bond motifs is 2. The Morgan fingerprint density at radius 2 is 1.37 bits per heavy atom. The Labute approximate surface area is 315 Å². The number of aromatic amines is 2. The van der Waals surface area contributed by atoms with E-state index >= 15 is 0 Å². The lowest BCUT2D eigenvalue weighted by Crippen LogP contribution is -2.51. The Balaban J connectivity index is 0.929. The van der Waals surface area contributed by atoms with Gasteiger partial charge in [-0.3, -0.25) is 9.59 Å². The summed E-state index contributed by atoms with van der Waals surface area (Å²) in [7, 11) is 1.30. The van der Waals surface area contributed by atoms with Gasteiger partial charge in [-0.15, -0.1) is 0 Å². The second-order valence-electron chi connectivity index (χ2n) is 15.3.